The van der Waals surface area contributed by atoms with E-state index in [-0.39, 0.29) is 13.1 Å². The van der Waals surface area contributed by atoms with E-state index in [4.69, 9.17) is 14.4 Å². The highest BCUT2D eigenvalue weighted by molar-refractivity contribution is 7.30. The SMILES string of the molecule is CCN1C(=O)C(=O)N(CC)C1=O.O=[PH](O)O. The predicted molar refractivity (Wildman–Crippen MR) is 53.6 cm³/mol. The smallest absolute Gasteiger partial charge is 0.326 e. The molecule has 0 radical (unpaired) electrons. The van der Waals surface area contributed by atoms with Gasteiger partial charge in [0.2, 0.25) is 0 Å². The molecule has 9 heteroatoms. The first-order valence-corrected chi connectivity index (χ1v) is 5.76. The van der Waals surface area contributed by atoms with Gasteiger partial charge in [0.25, 0.3) is 0 Å². The maximum absolute atomic E-state index is 11.2. The second-order valence-corrected chi connectivity index (χ2v) is 3.23. The first kappa shape index (κ1) is 14.8. The highest BCUT2D eigenvalue weighted by Crippen LogP contribution is 2.10. The molecule has 2 N–H and O–H groups in total. The van der Waals surface area contributed by atoms with Gasteiger partial charge in [-0.2, -0.15) is 0 Å². The van der Waals surface area contributed by atoms with Crippen LogP contribution in [0.3, 0.4) is 0 Å². The van der Waals surface area contributed by atoms with Crippen molar-refractivity contribution in [3.05, 3.63) is 0 Å². The molecule has 0 aromatic rings. The van der Waals surface area contributed by atoms with Crippen LogP contribution in [0.5, 0.6) is 0 Å². The molecular formula is C7H13N2O6P. The van der Waals surface area contributed by atoms with Crippen molar-refractivity contribution in [2.75, 3.05) is 13.1 Å². The van der Waals surface area contributed by atoms with E-state index < -0.39 is 26.1 Å². The normalized spacial score (nSPS) is 15.7. The van der Waals surface area contributed by atoms with Gasteiger partial charge in [-0.15, -0.1) is 0 Å². The monoisotopic (exact) mass is 252 g/mol. The fourth-order valence-electron chi connectivity index (χ4n) is 1.11. The zero-order valence-corrected chi connectivity index (χ0v) is 9.84. The number of rotatable bonds is 2. The molecule has 4 amide bonds. The van der Waals surface area contributed by atoms with E-state index >= 15 is 0 Å². The van der Waals surface area contributed by atoms with E-state index in [1.807, 2.05) is 0 Å². The van der Waals surface area contributed by atoms with Crippen LogP contribution in [0.25, 0.3) is 0 Å². The summed E-state index contributed by atoms with van der Waals surface area (Å²) in [5, 5.41) is 0. The molecule has 0 aromatic carbocycles. The van der Waals surface area contributed by atoms with Gasteiger partial charge in [0, 0.05) is 13.1 Å². The first-order chi connectivity index (χ1) is 7.36. The number of likely N-dealkylation sites (N-methyl/N-ethyl adjacent to an activating group) is 2. The third kappa shape index (κ3) is 3.41. The van der Waals surface area contributed by atoms with Crippen molar-refractivity contribution in [2.24, 2.45) is 0 Å². The van der Waals surface area contributed by atoms with E-state index in [1.165, 1.54) is 0 Å². The van der Waals surface area contributed by atoms with Crippen LogP contribution in [0.4, 0.5) is 4.79 Å². The van der Waals surface area contributed by atoms with Crippen LogP contribution in [-0.2, 0) is 14.2 Å². The molecule has 1 rings (SSSR count). The van der Waals surface area contributed by atoms with Crippen LogP contribution in [0.2, 0.25) is 0 Å². The van der Waals surface area contributed by atoms with Crippen molar-refractivity contribution in [1.82, 2.24) is 9.80 Å². The molecule has 0 bridgehead atoms. The fraction of sp³-hybridized carbons (Fsp3) is 0.571. The zero-order chi connectivity index (χ0) is 12.9. The van der Waals surface area contributed by atoms with Gasteiger partial charge in [0.15, 0.2) is 0 Å². The van der Waals surface area contributed by atoms with Gasteiger partial charge in [-0.05, 0) is 13.8 Å². The molecule has 16 heavy (non-hydrogen) atoms. The highest BCUT2D eigenvalue weighted by Gasteiger charge is 2.42. The van der Waals surface area contributed by atoms with Crippen LogP contribution in [-0.4, -0.2) is 50.5 Å². The Hall–Kier alpha value is -1.24. The van der Waals surface area contributed by atoms with Crippen LogP contribution in [0.15, 0.2) is 0 Å². The van der Waals surface area contributed by atoms with Crippen molar-refractivity contribution >= 4 is 26.1 Å². The van der Waals surface area contributed by atoms with Gasteiger partial charge in [-0.3, -0.25) is 24.0 Å². The number of amides is 4. The Labute approximate surface area is 92.4 Å². The fourth-order valence-corrected chi connectivity index (χ4v) is 1.11. The lowest BCUT2D eigenvalue weighted by Crippen LogP contribution is -2.32. The van der Waals surface area contributed by atoms with E-state index in [0.717, 1.165) is 9.80 Å². The molecule has 0 aromatic heterocycles. The molecule has 92 valence electrons. The van der Waals surface area contributed by atoms with Crippen LogP contribution in [0.1, 0.15) is 13.8 Å². The lowest BCUT2D eigenvalue weighted by molar-refractivity contribution is -0.143. The summed E-state index contributed by atoms with van der Waals surface area (Å²) in [6.45, 7) is 3.81. The minimum absolute atomic E-state index is 0.250. The Bertz CT molecular complexity index is 303. The molecular weight excluding hydrogens is 239 g/mol. The molecule has 1 saturated heterocycles. The minimum Gasteiger partial charge on any atom is -0.326 e. The molecule has 1 fully saturated rings. The van der Waals surface area contributed by atoms with Gasteiger partial charge in [-0.25, -0.2) is 4.79 Å². The Kier molecular flexibility index (Phi) is 5.87. The molecule has 0 saturated carbocycles. The number of hydrogen-bond donors (Lipinski definition) is 2. The van der Waals surface area contributed by atoms with Crippen molar-refractivity contribution in [3.8, 4) is 0 Å². The number of carbonyl (C=O) groups excluding carboxylic acids is 3. The predicted octanol–water partition coefficient (Wildman–Crippen LogP) is -0.822. The van der Waals surface area contributed by atoms with E-state index in [2.05, 4.69) is 0 Å². The van der Waals surface area contributed by atoms with Gasteiger partial charge >= 0.3 is 26.1 Å². The van der Waals surface area contributed by atoms with Crippen LogP contribution < -0.4 is 0 Å². The van der Waals surface area contributed by atoms with Crippen molar-refractivity contribution in [3.63, 3.8) is 0 Å². The first-order valence-electron chi connectivity index (χ1n) is 4.45. The van der Waals surface area contributed by atoms with Crippen LogP contribution in [0, 0.1) is 0 Å². The van der Waals surface area contributed by atoms with Gasteiger partial charge in [0.1, 0.15) is 0 Å². The molecule has 1 heterocycles. The highest BCUT2D eigenvalue weighted by atomic mass is 31.1. The van der Waals surface area contributed by atoms with Crippen molar-refractivity contribution in [1.29, 1.82) is 0 Å². The zero-order valence-electron chi connectivity index (χ0n) is 8.84. The average Bonchev–Trinajstić information content (AvgIpc) is 2.37. The summed E-state index contributed by atoms with van der Waals surface area (Å²) in [7, 11) is -3.13. The van der Waals surface area contributed by atoms with Crippen LogP contribution >= 0.6 is 8.25 Å². The summed E-state index contributed by atoms with van der Waals surface area (Å²) in [6, 6.07) is -0.505. The number of hydrogen-bond acceptors (Lipinski definition) is 4. The number of urea groups is 1. The quantitative estimate of drug-likeness (QED) is 0.377. The van der Waals surface area contributed by atoms with E-state index in [1.54, 1.807) is 13.8 Å². The summed E-state index contributed by atoms with van der Waals surface area (Å²) in [5.41, 5.74) is 0. The number of nitrogens with zero attached hydrogens (tertiary/aromatic N) is 2. The minimum atomic E-state index is -3.13. The molecule has 1 aliphatic rings. The Balaban J connectivity index is 0.000000487. The summed E-state index contributed by atoms with van der Waals surface area (Å²) in [5.74, 6) is -1.44. The third-order valence-corrected chi connectivity index (χ3v) is 1.77. The van der Waals surface area contributed by atoms with Gasteiger partial charge < -0.3 is 9.79 Å². The summed E-state index contributed by atoms with van der Waals surface area (Å²) < 4.78 is 8.74. The molecule has 0 aliphatic carbocycles. The average molecular weight is 252 g/mol. The topological polar surface area (TPSA) is 115 Å². The molecule has 0 unspecified atom stereocenters. The van der Waals surface area contributed by atoms with E-state index in [9.17, 15) is 14.4 Å². The second-order valence-electron chi connectivity index (χ2n) is 2.66. The standard InChI is InChI=1S/C7H10N2O3.H3O3P/c1-3-8-5(10)6(11)9(4-2)7(8)12;1-4(2)3/h3-4H2,1-2H3;4H,(H2,1,2,3). The molecule has 0 spiro atoms. The second kappa shape index (κ2) is 6.37. The maximum Gasteiger partial charge on any atom is 0.334 e. The summed E-state index contributed by atoms with van der Waals surface area (Å²) in [6.07, 6.45) is 0. The molecule has 8 nitrogen and oxygen atoms in total. The van der Waals surface area contributed by atoms with E-state index in [0.29, 0.717) is 0 Å². The van der Waals surface area contributed by atoms with Gasteiger partial charge in [-0.1, -0.05) is 0 Å². The number of carbonyl (C=O) groups is 3. The van der Waals surface area contributed by atoms with Crippen molar-refractivity contribution < 1.29 is 28.7 Å². The summed E-state index contributed by atoms with van der Waals surface area (Å²) >= 11 is 0. The largest absolute Gasteiger partial charge is 0.334 e. The third-order valence-electron chi connectivity index (χ3n) is 1.77. The lowest BCUT2D eigenvalue weighted by atomic mass is 10.5. The maximum atomic E-state index is 11.2. The van der Waals surface area contributed by atoms with Crippen molar-refractivity contribution in [2.45, 2.75) is 13.8 Å². The molecule has 1 aliphatic heterocycles. The molecule has 0 atom stereocenters. The van der Waals surface area contributed by atoms with Gasteiger partial charge in [0.05, 0.1) is 0 Å². The Morgan fingerprint density at radius 3 is 1.38 bits per heavy atom. The summed E-state index contributed by atoms with van der Waals surface area (Å²) in [4.78, 5) is 49.4. The lowest BCUT2D eigenvalue weighted by Gasteiger charge is -2.10. The Morgan fingerprint density at radius 1 is 1.00 bits per heavy atom. The Morgan fingerprint density at radius 2 is 1.25 bits per heavy atom. The number of imide groups is 2.